The molecule has 12 unspecified atom stereocenters. The van der Waals surface area contributed by atoms with Gasteiger partial charge in [0.25, 0.3) is 0 Å². The van der Waals surface area contributed by atoms with E-state index in [4.69, 9.17) is 18.9 Å². The first-order valence-corrected chi connectivity index (χ1v) is 31.8. The SMILES string of the molecule is CCCCCCCCCCCCCCCCCCCCCCCCC(=O)NC(COC1OC(CO)C(OC2OC(CO)C(O)C(O)C2O)C(O)C1O)C(O)CCCCCCCCCCCCCCCCCCCCC. The fourth-order valence-electron chi connectivity index (χ4n) is 10.9. The van der Waals surface area contributed by atoms with Gasteiger partial charge in [-0.3, -0.25) is 4.79 Å². The Balaban J connectivity index is 1.72. The van der Waals surface area contributed by atoms with Gasteiger partial charge in [-0.15, -0.1) is 0 Å². The van der Waals surface area contributed by atoms with Crippen LogP contribution in [0.3, 0.4) is 0 Å². The number of hydrogen-bond donors (Lipinski definition) is 9. The van der Waals surface area contributed by atoms with E-state index in [-0.39, 0.29) is 12.5 Å². The van der Waals surface area contributed by atoms with E-state index in [0.717, 1.165) is 51.4 Å². The molecule has 0 aliphatic carbocycles. The summed E-state index contributed by atoms with van der Waals surface area (Å²) in [5.74, 6) is -0.199. The third kappa shape index (κ3) is 33.4. The molecule has 2 saturated heterocycles. The van der Waals surface area contributed by atoms with Gasteiger partial charge in [-0.05, 0) is 12.8 Å². The zero-order valence-electron chi connectivity index (χ0n) is 48.1. The molecule has 0 aromatic carbocycles. The van der Waals surface area contributed by atoms with Crippen molar-refractivity contribution in [2.45, 2.75) is 364 Å². The monoisotopic (exact) mass is 1070 g/mol. The van der Waals surface area contributed by atoms with E-state index in [2.05, 4.69) is 19.2 Å². The molecule has 1 amide bonds. The number of amides is 1. The van der Waals surface area contributed by atoms with Crippen LogP contribution in [0.1, 0.15) is 290 Å². The zero-order valence-corrected chi connectivity index (χ0v) is 48.1. The molecule has 446 valence electrons. The molecular weight excluding hydrogens is 955 g/mol. The second-order valence-corrected chi connectivity index (χ2v) is 22.9. The third-order valence-corrected chi connectivity index (χ3v) is 16.1. The quantitative estimate of drug-likeness (QED) is 0.0259. The van der Waals surface area contributed by atoms with Crippen LogP contribution in [-0.2, 0) is 23.7 Å². The van der Waals surface area contributed by atoms with Crippen LogP contribution in [0.2, 0.25) is 0 Å². The Hall–Kier alpha value is -1.01. The molecule has 2 rings (SSSR count). The van der Waals surface area contributed by atoms with Crippen LogP contribution in [0.4, 0.5) is 0 Å². The van der Waals surface area contributed by atoms with Gasteiger partial charge in [0.15, 0.2) is 12.6 Å². The topological polar surface area (TPSA) is 228 Å². The van der Waals surface area contributed by atoms with Gasteiger partial charge in [0, 0.05) is 6.42 Å². The lowest BCUT2D eigenvalue weighted by Crippen LogP contribution is -2.65. The number of carbonyl (C=O) groups is 1. The van der Waals surface area contributed by atoms with Crippen LogP contribution < -0.4 is 5.32 Å². The maximum Gasteiger partial charge on any atom is 0.220 e. The standard InChI is InChI=1S/C61H119NO13/c1-3-5-7-9-11-13-15-17-19-21-23-24-25-27-29-31-33-35-37-39-41-43-45-53(66)62-49(50(65)44-42-40-38-36-34-32-30-28-26-22-20-18-16-14-12-10-8-6-4-2)48-72-60-58(71)56(69)59(52(47-64)74-60)75-61-57(70)55(68)54(67)51(46-63)73-61/h49-52,54-61,63-65,67-71H,3-48H2,1-2H3,(H,62,66). The highest BCUT2D eigenvalue weighted by molar-refractivity contribution is 5.76. The van der Waals surface area contributed by atoms with Crippen molar-refractivity contribution in [2.24, 2.45) is 0 Å². The lowest BCUT2D eigenvalue weighted by Gasteiger charge is -2.46. The van der Waals surface area contributed by atoms with E-state index in [1.54, 1.807) is 0 Å². The summed E-state index contributed by atoms with van der Waals surface area (Å²) in [7, 11) is 0. The number of hydrogen-bond acceptors (Lipinski definition) is 13. The first-order valence-electron chi connectivity index (χ1n) is 31.8. The van der Waals surface area contributed by atoms with Gasteiger partial charge < -0.3 is 65.1 Å². The van der Waals surface area contributed by atoms with Crippen molar-refractivity contribution in [3.63, 3.8) is 0 Å². The molecule has 0 aromatic rings. The van der Waals surface area contributed by atoms with Crippen LogP contribution >= 0.6 is 0 Å². The summed E-state index contributed by atoms with van der Waals surface area (Å²) in [5, 5.41) is 87.4. The van der Waals surface area contributed by atoms with Gasteiger partial charge in [0.1, 0.15) is 48.8 Å². The third-order valence-electron chi connectivity index (χ3n) is 16.1. The highest BCUT2D eigenvalue weighted by Gasteiger charge is 2.51. The number of aliphatic hydroxyl groups is 8. The van der Waals surface area contributed by atoms with E-state index in [0.29, 0.717) is 12.8 Å². The van der Waals surface area contributed by atoms with Gasteiger partial charge in [0.2, 0.25) is 5.91 Å². The van der Waals surface area contributed by atoms with Gasteiger partial charge in [-0.25, -0.2) is 0 Å². The van der Waals surface area contributed by atoms with Gasteiger partial charge in [-0.1, -0.05) is 271 Å². The molecular formula is C61H119NO13. The van der Waals surface area contributed by atoms with Gasteiger partial charge in [-0.2, -0.15) is 0 Å². The first kappa shape index (κ1) is 70.1. The minimum atomic E-state index is -1.78. The Kier molecular flexibility index (Phi) is 44.6. The number of unbranched alkanes of at least 4 members (excludes halogenated alkanes) is 39. The molecule has 12 atom stereocenters. The zero-order chi connectivity index (χ0) is 54.6. The fourth-order valence-corrected chi connectivity index (χ4v) is 10.9. The molecule has 14 heteroatoms. The number of carbonyl (C=O) groups excluding carboxylic acids is 1. The number of rotatable bonds is 52. The highest BCUT2D eigenvalue weighted by Crippen LogP contribution is 2.30. The van der Waals surface area contributed by atoms with E-state index < -0.39 is 86.8 Å². The van der Waals surface area contributed by atoms with Crippen molar-refractivity contribution in [1.82, 2.24) is 5.32 Å². The number of aliphatic hydroxyl groups excluding tert-OH is 8. The Bertz CT molecular complexity index is 1270. The summed E-state index contributed by atoms with van der Waals surface area (Å²) >= 11 is 0. The molecule has 2 fully saturated rings. The fraction of sp³-hybridized carbons (Fsp3) is 0.984. The summed E-state index contributed by atoms with van der Waals surface area (Å²) in [5.41, 5.74) is 0. The maximum absolute atomic E-state index is 13.3. The molecule has 2 aliphatic rings. The summed E-state index contributed by atoms with van der Waals surface area (Å²) in [6.45, 7) is 2.91. The normalized spacial score (nSPS) is 24.9. The van der Waals surface area contributed by atoms with Crippen molar-refractivity contribution < 1.29 is 64.6 Å². The molecule has 0 saturated carbocycles. The number of nitrogens with one attached hydrogen (secondary N) is 1. The molecule has 9 N–H and O–H groups in total. The predicted octanol–water partition coefficient (Wildman–Crippen LogP) is 11.3. The van der Waals surface area contributed by atoms with Crippen LogP contribution in [0, 0.1) is 0 Å². The molecule has 2 aliphatic heterocycles. The summed E-state index contributed by atoms with van der Waals surface area (Å²) in [4.78, 5) is 13.3. The second-order valence-electron chi connectivity index (χ2n) is 22.9. The highest BCUT2D eigenvalue weighted by atomic mass is 16.7. The first-order chi connectivity index (χ1) is 36.6. The van der Waals surface area contributed by atoms with E-state index in [9.17, 15) is 45.6 Å². The summed E-state index contributed by atoms with van der Waals surface area (Å²) in [6, 6.07) is -0.823. The number of ether oxygens (including phenoxy) is 4. The molecule has 0 aromatic heterocycles. The predicted molar refractivity (Wildman–Crippen MR) is 300 cm³/mol. The Morgan fingerprint density at radius 2 is 0.760 bits per heavy atom. The molecule has 75 heavy (non-hydrogen) atoms. The maximum atomic E-state index is 13.3. The van der Waals surface area contributed by atoms with Gasteiger partial charge in [0.05, 0.1) is 32.0 Å². The lowest BCUT2D eigenvalue weighted by atomic mass is 9.97. The Morgan fingerprint density at radius 1 is 0.427 bits per heavy atom. The second kappa shape index (κ2) is 47.8. The smallest absolute Gasteiger partial charge is 0.220 e. The molecule has 14 nitrogen and oxygen atoms in total. The average Bonchev–Trinajstić information content (AvgIpc) is 3.41. The summed E-state index contributed by atoms with van der Waals surface area (Å²) in [6.07, 6.45) is 36.7. The van der Waals surface area contributed by atoms with Crippen molar-refractivity contribution in [1.29, 1.82) is 0 Å². The van der Waals surface area contributed by atoms with Crippen molar-refractivity contribution >= 4 is 5.91 Å². The Labute approximate surface area is 457 Å². The van der Waals surface area contributed by atoms with E-state index in [1.807, 2.05) is 0 Å². The Morgan fingerprint density at radius 3 is 1.13 bits per heavy atom. The van der Waals surface area contributed by atoms with Gasteiger partial charge >= 0.3 is 0 Å². The average molecular weight is 1070 g/mol. The minimum absolute atomic E-state index is 0.199. The molecule has 0 spiro atoms. The van der Waals surface area contributed by atoms with Crippen molar-refractivity contribution in [2.75, 3.05) is 19.8 Å². The minimum Gasteiger partial charge on any atom is -0.394 e. The van der Waals surface area contributed by atoms with Crippen LogP contribution in [0.5, 0.6) is 0 Å². The lowest BCUT2D eigenvalue weighted by molar-refractivity contribution is -0.359. The van der Waals surface area contributed by atoms with Crippen LogP contribution in [-0.4, -0.2) is 140 Å². The van der Waals surface area contributed by atoms with Crippen LogP contribution in [0.15, 0.2) is 0 Å². The van der Waals surface area contributed by atoms with Crippen LogP contribution in [0.25, 0.3) is 0 Å². The summed E-state index contributed by atoms with van der Waals surface area (Å²) < 4.78 is 22.9. The van der Waals surface area contributed by atoms with E-state index >= 15 is 0 Å². The molecule has 0 bridgehead atoms. The largest absolute Gasteiger partial charge is 0.394 e. The van der Waals surface area contributed by atoms with E-state index in [1.165, 1.54) is 212 Å². The molecule has 2 heterocycles. The molecule has 0 radical (unpaired) electrons. The van der Waals surface area contributed by atoms with Crippen molar-refractivity contribution in [3.05, 3.63) is 0 Å². The van der Waals surface area contributed by atoms with Crippen molar-refractivity contribution in [3.8, 4) is 0 Å².